The van der Waals surface area contributed by atoms with E-state index in [1.165, 1.54) is 12.8 Å². The lowest BCUT2D eigenvalue weighted by atomic mass is 10.2. The molecule has 1 atom stereocenters. The number of hydrogen-bond acceptors (Lipinski definition) is 2. The summed E-state index contributed by atoms with van der Waals surface area (Å²) in [5.41, 5.74) is 0.662. The number of carbonyl (C=O) groups excluding carboxylic acids is 1. The molecule has 0 radical (unpaired) electrons. The minimum absolute atomic E-state index is 0.0556. The first-order valence-electron chi connectivity index (χ1n) is 6.89. The van der Waals surface area contributed by atoms with Gasteiger partial charge in [-0.1, -0.05) is 17.7 Å². The molecule has 1 saturated carbocycles. The van der Waals surface area contributed by atoms with Crippen molar-refractivity contribution in [1.82, 2.24) is 4.90 Å². The first kappa shape index (κ1) is 12.9. The van der Waals surface area contributed by atoms with Crippen LogP contribution in [0.15, 0.2) is 24.3 Å². The van der Waals surface area contributed by atoms with Crippen molar-refractivity contribution in [3.63, 3.8) is 0 Å². The second-order valence-corrected chi connectivity index (χ2v) is 5.89. The summed E-state index contributed by atoms with van der Waals surface area (Å²) in [6.45, 7) is 2.35. The number of carbonyl (C=O) groups is 1. The summed E-state index contributed by atoms with van der Waals surface area (Å²) in [6.07, 6.45) is 3.76. The third-order valence-electron chi connectivity index (χ3n) is 3.77. The molecule has 2 fully saturated rings. The lowest BCUT2D eigenvalue weighted by Crippen LogP contribution is -2.30. The van der Waals surface area contributed by atoms with Gasteiger partial charge in [0, 0.05) is 30.3 Å². The summed E-state index contributed by atoms with van der Waals surface area (Å²) in [5.74, 6) is 0.831. The number of ether oxygens (including phenoxy) is 1. The predicted octanol–water partition coefficient (Wildman–Crippen LogP) is 2.98. The van der Waals surface area contributed by atoms with E-state index in [0.717, 1.165) is 25.5 Å². The van der Waals surface area contributed by atoms with Crippen molar-refractivity contribution in [2.45, 2.75) is 25.4 Å². The SMILES string of the molecule is O=C(c1cccc(Cl)c1)N1CCC(OCC2CC2)C1. The maximum absolute atomic E-state index is 12.3. The Hall–Kier alpha value is -1.06. The smallest absolute Gasteiger partial charge is 0.253 e. The molecular weight excluding hydrogens is 262 g/mol. The number of benzene rings is 1. The van der Waals surface area contributed by atoms with Gasteiger partial charge in [0.1, 0.15) is 0 Å². The van der Waals surface area contributed by atoms with Crippen LogP contribution in [0.2, 0.25) is 5.02 Å². The highest BCUT2D eigenvalue weighted by atomic mass is 35.5. The fourth-order valence-corrected chi connectivity index (χ4v) is 2.60. The molecule has 1 aromatic carbocycles. The molecule has 1 aromatic rings. The van der Waals surface area contributed by atoms with Crippen molar-refractivity contribution >= 4 is 17.5 Å². The third-order valence-corrected chi connectivity index (χ3v) is 4.00. The van der Waals surface area contributed by atoms with Crippen LogP contribution in [0.25, 0.3) is 0 Å². The van der Waals surface area contributed by atoms with E-state index in [4.69, 9.17) is 16.3 Å². The van der Waals surface area contributed by atoms with E-state index < -0.39 is 0 Å². The molecule has 1 heterocycles. The van der Waals surface area contributed by atoms with Gasteiger partial charge in [0.15, 0.2) is 0 Å². The lowest BCUT2D eigenvalue weighted by molar-refractivity contribution is 0.0480. The molecule has 2 aliphatic rings. The normalized spacial score (nSPS) is 22.8. The van der Waals surface area contributed by atoms with Crippen molar-refractivity contribution in [3.8, 4) is 0 Å². The number of likely N-dealkylation sites (tertiary alicyclic amines) is 1. The summed E-state index contributed by atoms with van der Waals surface area (Å²) in [6, 6.07) is 7.13. The fourth-order valence-electron chi connectivity index (χ4n) is 2.41. The zero-order valence-electron chi connectivity index (χ0n) is 10.8. The fraction of sp³-hybridized carbons (Fsp3) is 0.533. The van der Waals surface area contributed by atoms with Gasteiger partial charge in [0.2, 0.25) is 0 Å². The minimum atomic E-state index is 0.0556. The summed E-state index contributed by atoms with van der Waals surface area (Å²) in [7, 11) is 0. The largest absolute Gasteiger partial charge is 0.376 e. The third kappa shape index (κ3) is 3.28. The molecule has 0 aromatic heterocycles. The molecule has 3 rings (SSSR count). The number of amides is 1. The molecule has 1 aliphatic heterocycles. The average Bonchev–Trinajstić information content (AvgIpc) is 3.13. The van der Waals surface area contributed by atoms with Crippen LogP contribution in [0.1, 0.15) is 29.6 Å². The average molecular weight is 280 g/mol. The second-order valence-electron chi connectivity index (χ2n) is 5.45. The molecule has 0 bridgehead atoms. The maximum atomic E-state index is 12.3. The van der Waals surface area contributed by atoms with Gasteiger partial charge in [-0.3, -0.25) is 4.79 Å². The molecule has 19 heavy (non-hydrogen) atoms. The standard InChI is InChI=1S/C15H18ClNO2/c16-13-3-1-2-12(8-13)15(18)17-7-6-14(9-17)19-10-11-4-5-11/h1-3,8,11,14H,4-7,9-10H2. The van der Waals surface area contributed by atoms with Gasteiger partial charge in [-0.2, -0.15) is 0 Å². The summed E-state index contributed by atoms with van der Waals surface area (Å²) in [5, 5.41) is 0.603. The van der Waals surface area contributed by atoms with Crippen LogP contribution in [0.3, 0.4) is 0 Å². The van der Waals surface area contributed by atoms with E-state index in [1.54, 1.807) is 12.1 Å². The Morgan fingerprint density at radius 2 is 2.21 bits per heavy atom. The Balaban J connectivity index is 1.56. The molecule has 102 valence electrons. The topological polar surface area (TPSA) is 29.5 Å². The molecule has 0 spiro atoms. The highest BCUT2D eigenvalue weighted by Crippen LogP contribution is 2.30. The Labute approximate surface area is 118 Å². The molecule has 1 aliphatic carbocycles. The van der Waals surface area contributed by atoms with Crippen molar-refractivity contribution in [2.75, 3.05) is 19.7 Å². The molecular formula is C15H18ClNO2. The van der Waals surface area contributed by atoms with Gasteiger partial charge in [-0.25, -0.2) is 0 Å². The zero-order chi connectivity index (χ0) is 13.2. The Morgan fingerprint density at radius 1 is 1.37 bits per heavy atom. The molecule has 4 heteroatoms. The Bertz CT molecular complexity index is 473. The second kappa shape index (κ2) is 5.51. The van der Waals surface area contributed by atoms with E-state index in [-0.39, 0.29) is 12.0 Å². The van der Waals surface area contributed by atoms with Gasteiger partial charge < -0.3 is 9.64 Å². The number of hydrogen-bond donors (Lipinski definition) is 0. The summed E-state index contributed by atoms with van der Waals surface area (Å²) < 4.78 is 5.85. The molecule has 3 nitrogen and oxygen atoms in total. The van der Waals surface area contributed by atoms with E-state index in [2.05, 4.69) is 0 Å². The van der Waals surface area contributed by atoms with Crippen LogP contribution in [0.5, 0.6) is 0 Å². The number of nitrogens with zero attached hydrogens (tertiary/aromatic N) is 1. The quantitative estimate of drug-likeness (QED) is 0.848. The van der Waals surface area contributed by atoms with Gasteiger partial charge in [-0.15, -0.1) is 0 Å². The van der Waals surface area contributed by atoms with Crippen molar-refractivity contribution in [2.24, 2.45) is 5.92 Å². The van der Waals surface area contributed by atoms with Gasteiger partial charge >= 0.3 is 0 Å². The van der Waals surface area contributed by atoms with Crippen molar-refractivity contribution < 1.29 is 9.53 Å². The highest BCUT2D eigenvalue weighted by molar-refractivity contribution is 6.30. The lowest BCUT2D eigenvalue weighted by Gasteiger charge is -2.17. The molecule has 0 N–H and O–H groups in total. The highest BCUT2D eigenvalue weighted by Gasteiger charge is 2.29. The van der Waals surface area contributed by atoms with Crippen LogP contribution in [0.4, 0.5) is 0 Å². The van der Waals surface area contributed by atoms with Crippen LogP contribution in [0, 0.1) is 5.92 Å². The maximum Gasteiger partial charge on any atom is 0.253 e. The minimum Gasteiger partial charge on any atom is -0.376 e. The summed E-state index contributed by atoms with van der Waals surface area (Å²) in [4.78, 5) is 14.2. The van der Waals surface area contributed by atoms with Crippen LogP contribution in [-0.2, 0) is 4.74 Å². The van der Waals surface area contributed by atoms with Crippen molar-refractivity contribution in [3.05, 3.63) is 34.9 Å². The van der Waals surface area contributed by atoms with Gasteiger partial charge in [-0.05, 0) is 43.4 Å². The predicted molar refractivity (Wildman–Crippen MR) is 74.4 cm³/mol. The number of halogens is 1. The van der Waals surface area contributed by atoms with Crippen LogP contribution in [-0.4, -0.2) is 36.6 Å². The molecule has 1 amide bonds. The monoisotopic (exact) mass is 279 g/mol. The van der Waals surface area contributed by atoms with E-state index in [0.29, 0.717) is 17.1 Å². The van der Waals surface area contributed by atoms with Crippen LogP contribution >= 0.6 is 11.6 Å². The first-order chi connectivity index (χ1) is 9.22. The van der Waals surface area contributed by atoms with Crippen LogP contribution < -0.4 is 0 Å². The first-order valence-corrected chi connectivity index (χ1v) is 7.26. The van der Waals surface area contributed by atoms with E-state index >= 15 is 0 Å². The van der Waals surface area contributed by atoms with Gasteiger partial charge in [0.25, 0.3) is 5.91 Å². The zero-order valence-corrected chi connectivity index (χ0v) is 11.6. The summed E-state index contributed by atoms with van der Waals surface area (Å²) >= 11 is 5.92. The van der Waals surface area contributed by atoms with E-state index in [1.807, 2.05) is 17.0 Å². The molecule has 1 saturated heterocycles. The van der Waals surface area contributed by atoms with E-state index in [9.17, 15) is 4.79 Å². The Kier molecular flexibility index (Phi) is 3.76. The van der Waals surface area contributed by atoms with Gasteiger partial charge in [0.05, 0.1) is 6.10 Å². The Morgan fingerprint density at radius 3 is 2.95 bits per heavy atom. The number of rotatable bonds is 4. The van der Waals surface area contributed by atoms with Crippen molar-refractivity contribution in [1.29, 1.82) is 0 Å². The molecule has 1 unspecified atom stereocenters.